The third-order valence-corrected chi connectivity index (χ3v) is 6.66. The van der Waals surface area contributed by atoms with Crippen LogP contribution in [0.3, 0.4) is 0 Å². The lowest BCUT2D eigenvalue weighted by molar-refractivity contribution is -0.929. The molecule has 1 aromatic carbocycles. The molecule has 1 rings (SSSR count). The lowest BCUT2D eigenvalue weighted by Gasteiger charge is -2.39. The molecule has 0 aliphatic carbocycles. The van der Waals surface area contributed by atoms with E-state index in [1.807, 2.05) is 6.92 Å². The van der Waals surface area contributed by atoms with E-state index in [0.29, 0.717) is 6.61 Å². The molecule has 0 aliphatic rings. The van der Waals surface area contributed by atoms with Crippen LogP contribution < -0.4 is 0 Å². The molecule has 0 heterocycles. The fraction of sp³-hybridized carbons (Fsp3) is 0.760. The van der Waals surface area contributed by atoms with Gasteiger partial charge in [0.25, 0.3) is 0 Å². The Labute approximate surface area is 192 Å². The van der Waals surface area contributed by atoms with E-state index in [1.54, 1.807) is 12.1 Å². The molecule has 31 heavy (non-hydrogen) atoms. The van der Waals surface area contributed by atoms with E-state index in [4.69, 9.17) is 0 Å². The number of hydrogen-bond donors (Lipinski definition) is 1. The maximum Gasteiger partial charge on any atom is 0.124 e. The monoisotopic (exact) mass is 457 g/mol. The van der Waals surface area contributed by atoms with Crippen molar-refractivity contribution >= 4 is 10.1 Å². The second-order valence-corrected chi connectivity index (χ2v) is 10.1. The molecule has 6 heteroatoms. The highest BCUT2D eigenvalue weighted by Crippen LogP contribution is 2.17. The minimum Gasteiger partial charge on any atom is -0.744 e. The van der Waals surface area contributed by atoms with Crippen LogP contribution in [0.4, 0.5) is 0 Å². The summed E-state index contributed by atoms with van der Waals surface area (Å²) in [5, 5.41) is 9.23. The molecule has 0 amide bonds. The molecule has 0 aromatic heterocycles. The number of benzene rings is 1. The van der Waals surface area contributed by atoms with Crippen LogP contribution in [0.1, 0.15) is 90.5 Å². The molecule has 0 radical (unpaired) electrons. The van der Waals surface area contributed by atoms with E-state index in [-0.39, 0.29) is 4.90 Å². The lowest BCUT2D eigenvalue weighted by atomic mass is 10.1. The first-order valence-electron chi connectivity index (χ1n) is 12.2. The SMILES string of the molecule is CCCCC[N+](CCCO)(CCCCC)CCCCC.Cc1ccc(S(=O)(=O)[O-])cc1. The van der Waals surface area contributed by atoms with Crippen molar-refractivity contribution in [1.29, 1.82) is 0 Å². The highest BCUT2D eigenvalue weighted by molar-refractivity contribution is 7.85. The zero-order valence-corrected chi connectivity index (χ0v) is 21.3. The quantitative estimate of drug-likeness (QED) is 0.197. The van der Waals surface area contributed by atoms with Gasteiger partial charge in [0.15, 0.2) is 0 Å². The summed E-state index contributed by atoms with van der Waals surface area (Å²) in [6, 6.07) is 5.78. The van der Waals surface area contributed by atoms with E-state index in [1.165, 1.54) is 101 Å². The van der Waals surface area contributed by atoms with Crippen LogP contribution in [0.15, 0.2) is 29.2 Å². The van der Waals surface area contributed by atoms with Gasteiger partial charge in [-0.2, -0.15) is 0 Å². The summed E-state index contributed by atoms with van der Waals surface area (Å²) in [5.74, 6) is 0. The molecule has 0 spiro atoms. The number of unbranched alkanes of at least 4 members (excludes halogenated alkanes) is 6. The molecule has 182 valence electrons. The summed E-state index contributed by atoms with van der Waals surface area (Å²) in [5.41, 5.74) is 0.928. The Kier molecular flexibility index (Phi) is 17.0. The van der Waals surface area contributed by atoms with Crippen molar-refractivity contribution < 1.29 is 22.6 Å². The topological polar surface area (TPSA) is 77.4 Å². The minimum atomic E-state index is -4.27. The van der Waals surface area contributed by atoms with Gasteiger partial charge in [0.2, 0.25) is 0 Å². The number of aliphatic hydroxyl groups excluding tert-OH is 1. The Morgan fingerprint density at radius 2 is 1.13 bits per heavy atom. The largest absolute Gasteiger partial charge is 0.744 e. The maximum absolute atomic E-state index is 10.4. The third-order valence-electron chi connectivity index (χ3n) is 5.81. The van der Waals surface area contributed by atoms with Gasteiger partial charge in [-0.3, -0.25) is 0 Å². The maximum atomic E-state index is 10.4. The summed E-state index contributed by atoms with van der Waals surface area (Å²) < 4.78 is 32.4. The van der Waals surface area contributed by atoms with Gasteiger partial charge < -0.3 is 14.1 Å². The zero-order valence-electron chi connectivity index (χ0n) is 20.4. The number of aliphatic hydroxyl groups is 1. The summed E-state index contributed by atoms with van der Waals surface area (Å²) in [6.07, 6.45) is 13.1. The molecule has 0 fully saturated rings. The lowest BCUT2D eigenvalue weighted by Crippen LogP contribution is -2.51. The second kappa shape index (κ2) is 17.6. The molecule has 5 nitrogen and oxygen atoms in total. The third kappa shape index (κ3) is 14.7. The summed E-state index contributed by atoms with van der Waals surface area (Å²) in [6.45, 7) is 14.2. The molecule has 0 atom stereocenters. The van der Waals surface area contributed by atoms with E-state index in [2.05, 4.69) is 20.8 Å². The Bertz CT molecular complexity index is 617. The predicted octanol–water partition coefficient (Wildman–Crippen LogP) is 5.66. The van der Waals surface area contributed by atoms with E-state index in [0.717, 1.165) is 12.0 Å². The standard InChI is InChI=1S/C18H40NO.C7H8O3S/c1-4-7-10-14-19(17-13-18-20,15-11-8-5-2)16-12-9-6-3;1-6-2-4-7(5-3-6)11(8,9)10/h20H,4-18H2,1-3H3;2-5H,1H3,(H,8,9,10)/q+1;/p-1. The molecular formula is C25H47NO4S. The van der Waals surface area contributed by atoms with Gasteiger partial charge in [0, 0.05) is 13.0 Å². The fourth-order valence-electron chi connectivity index (χ4n) is 3.87. The predicted molar refractivity (Wildman–Crippen MR) is 129 cm³/mol. The first-order valence-corrected chi connectivity index (χ1v) is 13.6. The highest BCUT2D eigenvalue weighted by atomic mass is 32.2. The van der Waals surface area contributed by atoms with Crippen LogP contribution in [-0.2, 0) is 10.1 Å². The van der Waals surface area contributed by atoms with Gasteiger partial charge >= 0.3 is 0 Å². The highest BCUT2D eigenvalue weighted by Gasteiger charge is 2.25. The van der Waals surface area contributed by atoms with Crippen LogP contribution >= 0.6 is 0 Å². The van der Waals surface area contributed by atoms with E-state index >= 15 is 0 Å². The van der Waals surface area contributed by atoms with Crippen molar-refractivity contribution in [3.63, 3.8) is 0 Å². The van der Waals surface area contributed by atoms with Gasteiger partial charge in [-0.05, 0) is 57.6 Å². The van der Waals surface area contributed by atoms with E-state index < -0.39 is 10.1 Å². The summed E-state index contributed by atoms with van der Waals surface area (Å²) in [4.78, 5) is -0.178. The zero-order chi connectivity index (χ0) is 23.6. The molecule has 0 saturated carbocycles. The number of hydrogen-bond acceptors (Lipinski definition) is 4. The van der Waals surface area contributed by atoms with Crippen molar-refractivity contribution in [2.75, 3.05) is 32.8 Å². The molecule has 0 aliphatic heterocycles. The van der Waals surface area contributed by atoms with Crippen molar-refractivity contribution in [2.45, 2.75) is 96.8 Å². The first-order chi connectivity index (χ1) is 14.7. The molecule has 0 bridgehead atoms. The molecule has 1 N–H and O–H groups in total. The fourth-order valence-corrected chi connectivity index (χ4v) is 4.34. The van der Waals surface area contributed by atoms with Crippen LogP contribution in [0.2, 0.25) is 0 Å². The normalized spacial score (nSPS) is 11.8. The van der Waals surface area contributed by atoms with Crippen LogP contribution in [-0.4, -0.2) is 55.3 Å². The Balaban J connectivity index is 0.000000683. The Morgan fingerprint density at radius 3 is 1.45 bits per heavy atom. The van der Waals surface area contributed by atoms with E-state index in [9.17, 15) is 18.1 Å². The number of nitrogens with zero attached hydrogens (tertiary/aromatic N) is 1. The molecule has 0 unspecified atom stereocenters. The number of aryl methyl sites for hydroxylation is 1. The molecule has 0 saturated heterocycles. The van der Waals surface area contributed by atoms with Crippen molar-refractivity contribution in [2.24, 2.45) is 0 Å². The van der Waals surface area contributed by atoms with Gasteiger partial charge in [-0.25, -0.2) is 8.42 Å². The van der Waals surface area contributed by atoms with Gasteiger partial charge in [0.05, 0.1) is 31.1 Å². The van der Waals surface area contributed by atoms with Crippen LogP contribution in [0, 0.1) is 6.92 Å². The van der Waals surface area contributed by atoms with Crippen LogP contribution in [0.5, 0.6) is 0 Å². The average Bonchev–Trinajstić information content (AvgIpc) is 2.73. The first kappa shape index (κ1) is 30.0. The van der Waals surface area contributed by atoms with Crippen molar-refractivity contribution in [3.8, 4) is 0 Å². The van der Waals surface area contributed by atoms with Crippen LogP contribution in [0.25, 0.3) is 0 Å². The molecule has 1 aromatic rings. The summed E-state index contributed by atoms with van der Waals surface area (Å²) in [7, 11) is -4.27. The molecular weight excluding hydrogens is 410 g/mol. The van der Waals surface area contributed by atoms with Crippen molar-refractivity contribution in [3.05, 3.63) is 29.8 Å². The van der Waals surface area contributed by atoms with Gasteiger partial charge in [-0.15, -0.1) is 0 Å². The second-order valence-electron chi connectivity index (χ2n) is 8.70. The summed E-state index contributed by atoms with van der Waals surface area (Å²) >= 11 is 0. The Morgan fingerprint density at radius 1 is 0.742 bits per heavy atom. The number of rotatable bonds is 16. The average molecular weight is 458 g/mol. The minimum absolute atomic E-state index is 0.178. The number of quaternary nitrogens is 1. The van der Waals surface area contributed by atoms with Crippen molar-refractivity contribution in [1.82, 2.24) is 0 Å². The Hall–Kier alpha value is -0.950. The van der Waals surface area contributed by atoms with Gasteiger partial charge in [0.1, 0.15) is 10.1 Å². The smallest absolute Gasteiger partial charge is 0.124 e. The van der Waals surface area contributed by atoms with Gasteiger partial charge in [-0.1, -0.05) is 57.7 Å².